The number of rotatable bonds is 6. The summed E-state index contributed by atoms with van der Waals surface area (Å²) in [5.41, 5.74) is 5.49. The zero-order chi connectivity index (χ0) is 17.6. The number of thiazole rings is 1. The smallest absolute Gasteiger partial charge is 0.246 e. The number of aryl methyl sites for hydroxylation is 1. The van der Waals surface area contributed by atoms with Gasteiger partial charge in [0.15, 0.2) is 0 Å². The molecule has 0 radical (unpaired) electrons. The number of nitrogens with zero attached hydrogens (tertiary/aromatic N) is 1. The van der Waals surface area contributed by atoms with Crippen molar-refractivity contribution in [2.24, 2.45) is 0 Å². The Morgan fingerprint density at radius 1 is 1.08 bits per heavy atom. The van der Waals surface area contributed by atoms with E-state index in [0.717, 1.165) is 27.4 Å². The minimum Gasteiger partial charge on any atom is -0.375 e. The molecule has 1 amide bonds. The Bertz CT molecular complexity index is 839. The quantitative estimate of drug-likeness (QED) is 0.728. The molecule has 0 unspecified atom stereocenters. The molecule has 0 aliphatic heterocycles. The van der Waals surface area contributed by atoms with Crippen molar-refractivity contribution >= 4 is 17.2 Å². The highest BCUT2D eigenvalue weighted by Gasteiger charge is 2.07. The normalized spacial score (nSPS) is 10.6. The van der Waals surface area contributed by atoms with E-state index in [0.29, 0.717) is 6.54 Å². The second-order valence-corrected chi connectivity index (χ2v) is 6.67. The van der Waals surface area contributed by atoms with Gasteiger partial charge in [0, 0.05) is 30.2 Å². The van der Waals surface area contributed by atoms with Gasteiger partial charge in [-0.1, -0.05) is 54.1 Å². The molecule has 1 N–H and O–H groups in total. The summed E-state index contributed by atoms with van der Waals surface area (Å²) in [6.07, 6.45) is 0. The molecular formula is C20H20N2O2S. The van der Waals surface area contributed by atoms with E-state index < -0.39 is 0 Å². The average Bonchev–Trinajstić information content (AvgIpc) is 3.11. The van der Waals surface area contributed by atoms with Crippen molar-refractivity contribution in [2.45, 2.75) is 13.5 Å². The molecule has 2 aromatic carbocycles. The van der Waals surface area contributed by atoms with E-state index >= 15 is 0 Å². The van der Waals surface area contributed by atoms with Gasteiger partial charge in [-0.05, 0) is 12.5 Å². The fourth-order valence-corrected chi connectivity index (χ4v) is 3.25. The van der Waals surface area contributed by atoms with Crippen LogP contribution in [0.1, 0.15) is 11.1 Å². The second kappa shape index (κ2) is 8.05. The summed E-state index contributed by atoms with van der Waals surface area (Å²) in [5.74, 6) is -0.116. The van der Waals surface area contributed by atoms with E-state index in [9.17, 15) is 4.79 Å². The third-order valence-electron chi connectivity index (χ3n) is 3.82. The Kier molecular flexibility index (Phi) is 5.58. The van der Waals surface area contributed by atoms with Gasteiger partial charge >= 0.3 is 0 Å². The van der Waals surface area contributed by atoms with Crippen molar-refractivity contribution < 1.29 is 9.53 Å². The Balaban J connectivity index is 1.68. The Morgan fingerprint density at radius 3 is 2.44 bits per heavy atom. The molecule has 3 rings (SSSR count). The van der Waals surface area contributed by atoms with Crippen LogP contribution in [-0.4, -0.2) is 24.6 Å². The summed E-state index contributed by atoms with van der Waals surface area (Å²) >= 11 is 1.64. The fraction of sp³-hybridized carbons (Fsp3) is 0.200. The maximum Gasteiger partial charge on any atom is 0.246 e. The molecule has 128 valence electrons. The van der Waals surface area contributed by atoms with Crippen LogP contribution >= 0.6 is 11.3 Å². The summed E-state index contributed by atoms with van der Waals surface area (Å²) in [5, 5.41) is 5.89. The van der Waals surface area contributed by atoms with Crippen LogP contribution in [-0.2, 0) is 16.1 Å². The lowest BCUT2D eigenvalue weighted by atomic mass is 10.1. The fourth-order valence-electron chi connectivity index (χ4n) is 2.41. The first-order valence-corrected chi connectivity index (χ1v) is 8.91. The van der Waals surface area contributed by atoms with E-state index in [-0.39, 0.29) is 12.5 Å². The second-order valence-electron chi connectivity index (χ2n) is 5.81. The maximum atomic E-state index is 11.4. The van der Waals surface area contributed by atoms with Gasteiger partial charge in [0.05, 0.1) is 5.69 Å². The van der Waals surface area contributed by atoms with Crippen LogP contribution in [0.4, 0.5) is 0 Å². The van der Waals surface area contributed by atoms with E-state index in [1.54, 1.807) is 11.3 Å². The number of carbonyl (C=O) groups is 1. The summed E-state index contributed by atoms with van der Waals surface area (Å²) in [6.45, 7) is 2.66. The lowest BCUT2D eigenvalue weighted by molar-refractivity contribution is -0.124. The number of aromatic nitrogens is 1. The molecule has 0 saturated carbocycles. The predicted molar refractivity (Wildman–Crippen MR) is 101 cm³/mol. The van der Waals surface area contributed by atoms with E-state index in [2.05, 4.69) is 41.9 Å². The van der Waals surface area contributed by atoms with Gasteiger partial charge in [-0.25, -0.2) is 4.98 Å². The van der Waals surface area contributed by atoms with Crippen LogP contribution < -0.4 is 5.32 Å². The standard InChI is InChI=1S/C20H20N2O2S/c1-14-3-7-16(8-4-14)18-13-25-20(22-18)17-9-5-15(6-10-17)11-21-19(23)12-24-2/h3-10,13H,11-12H2,1-2H3,(H,21,23). The lowest BCUT2D eigenvalue weighted by Gasteiger charge is -2.05. The molecular weight excluding hydrogens is 332 g/mol. The molecule has 0 spiro atoms. The van der Waals surface area contributed by atoms with Crippen molar-refractivity contribution in [3.8, 4) is 21.8 Å². The average molecular weight is 352 g/mol. The number of benzene rings is 2. The monoisotopic (exact) mass is 352 g/mol. The van der Waals surface area contributed by atoms with Crippen LogP contribution in [0.2, 0.25) is 0 Å². The highest BCUT2D eigenvalue weighted by Crippen LogP contribution is 2.29. The first-order chi connectivity index (χ1) is 12.2. The van der Waals surface area contributed by atoms with Crippen LogP contribution in [0.3, 0.4) is 0 Å². The first kappa shape index (κ1) is 17.3. The number of ether oxygens (including phenoxy) is 1. The molecule has 0 fully saturated rings. The molecule has 1 heterocycles. The van der Waals surface area contributed by atoms with Crippen LogP contribution in [0, 0.1) is 6.92 Å². The topological polar surface area (TPSA) is 51.2 Å². The first-order valence-electron chi connectivity index (χ1n) is 8.03. The molecule has 5 heteroatoms. The minimum atomic E-state index is -0.116. The third kappa shape index (κ3) is 4.53. The Labute approximate surface area is 151 Å². The van der Waals surface area contributed by atoms with Gasteiger partial charge in [-0.2, -0.15) is 0 Å². The molecule has 4 nitrogen and oxygen atoms in total. The summed E-state index contributed by atoms with van der Waals surface area (Å²) in [7, 11) is 1.51. The molecule has 25 heavy (non-hydrogen) atoms. The SMILES string of the molecule is COCC(=O)NCc1ccc(-c2nc(-c3ccc(C)cc3)cs2)cc1. The van der Waals surface area contributed by atoms with Gasteiger partial charge < -0.3 is 10.1 Å². The lowest BCUT2D eigenvalue weighted by Crippen LogP contribution is -2.26. The zero-order valence-electron chi connectivity index (χ0n) is 14.3. The highest BCUT2D eigenvalue weighted by atomic mass is 32.1. The number of hydrogen-bond donors (Lipinski definition) is 1. The summed E-state index contributed by atoms with van der Waals surface area (Å²) in [4.78, 5) is 16.2. The number of nitrogens with one attached hydrogen (secondary N) is 1. The van der Waals surface area contributed by atoms with Gasteiger partial charge in [0.1, 0.15) is 11.6 Å². The minimum absolute atomic E-state index is 0.0823. The van der Waals surface area contributed by atoms with Crippen LogP contribution in [0.25, 0.3) is 21.8 Å². The molecule has 0 aliphatic carbocycles. The molecule has 1 aromatic heterocycles. The number of hydrogen-bond acceptors (Lipinski definition) is 4. The van der Waals surface area contributed by atoms with Crippen molar-refractivity contribution in [2.75, 3.05) is 13.7 Å². The number of carbonyl (C=O) groups excluding carboxylic acids is 1. The molecule has 0 aliphatic rings. The molecule has 3 aromatic rings. The Hall–Kier alpha value is -2.50. The molecule has 0 bridgehead atoms. The highest BCUT2D eigenvalue weighted by molar-refractivity contribution is 7.13. The van der Waals surface area contributed by atoms with Crippen LogP contribution in [0.5, 0.6) is 0 Å². The Morgan fingerprint density at radius 2 is 1.76 bits per heavy atom. The third-order valence-corrected chi connectivity index (χ3v) is 4.71. The van der Waals surface area contributed by atoms with E-state index in [1.807, 2.05) is 24.3 Å². The summed E-state index contributed by atoms with van der Waals surface area (Å²) in [6, 6.07) is 16.5. The van der Waals surface area contributed by atoms with Crippen LogP contribution in [0.15, 0.2) is 53.9 Å². The number of amides is 1. The van der Waals surface area contributed by atoms with E-state index in [4.69, 9.17) is 9.72 Å². The molecule has 0 atom stereocenters. The zero-order valence-corrected chi connectivity index (χ0v) is 15.1. The summed E-state index contributed by atoms with van der Waals surface area (Å²) < 4.78 is 4.80. The number of methoxy groups -OCH3 is 1. The van der Waals surface area contributed by atoms with Crippen molar-refractivity contribution in [1.29, 1.82) is 0 Å². The van der Waals surface area contributed by atoms with Crippen molar-refractivity contribution in [3.05, 3.63) is 65.0 Å². The van der Waals surface area contributed by atoms with Gasteiger partial charge in [0.2, 0.25) is 5.91 Å². The largest absolute Gasteiger partial charge is 0.375 e. The van der Waals surface area contributed by atoms with Crippen molar-refractivity contribution in [1.82, 2.24) is 10.3 Å². The maximum absolute atomic E-state index is 11.4. The van der Waals surface area contributed by atoms with Gasteiger partial charge in [-0.15, -0.1) is 11.3 Å². The van der Waals surface area contributed by atoms with E-state index in [1.165, 1.54) is 12.7 Å². The molecule has 0 saturated heterocycles. The van der Waals surface area contributed by atoms with Crippen molar-refractivity contribution in [3.63, 3.8) is 0 Å². The van der Waals surface area contributed by atoms with Gasteiger partial charge in [-0.3, -0.25) is 4.79 Å². The van der Waals surface area contributed by atoms with Gasteiger partial charge in [0.25, 0.3) is 0 Å². The predicted octanol–water partition coefficient (Wildman–Crippen LogP) is 4.05.